The van der Waals surface area contributed by atoms with Gasteiger partial charge in [0.2, 0.25) is 0 Å². The molecule has 0 aliphatic rings. The molecule has 15 heavy (non-hydrogen) atoms. The van der Waals surface area contributed by atoms with E-state index in [0.717, 1.165) is 11.3 Å². The molecule has 1 aromatic carbocycles. The molecular formula is C11H13ClO2S. The van der Waals surface area contributed by atoms with Crippen LogP contribution in [0.5, 0.6) is 0 Å². The third kappa shape index (κ3) is 5.09. The molecule has 1 aromatic rings. The SMILES string of the molecule is CSCCOC(=O)Cc1ccc(Cl)cc1. The van der Waals surface area contributed by atoms with Gasteiger partial charge >= 0.3 is 5.97 Å². The molecule has 0 amide bonds. The second kappa shape index (κ2) is 6.75. The van der Waals surface area contributed by atoms with Crippen molar-refractivity contribution < 1.29 is 9.53 Å². The van der Waals surface area contributed by atoms with Crippen LogP contribution in [0.1, 0.15) is 5.56 Å². The Morgan fingerprint density at radius 3 is 2.67 bits per heavy atom. The van der Waals surface area contributed by atoms with Crippen LogP contribution >= 0.6 is 23.4 Å². The third-order valence-electron chi connectivity index (χ3n) is 1.81. The Morgan fingerprint density at radius 2 is 2.07 bits per heavy atom. The third-order valence-corrected chi connectivity index (χ3v) is 2.64. The van der Waals surface area contributed by atoms with Crippen molar-refractivity contribution in [3.05, 3.63) is 34.9 Å². The second-order valence-corrected chi connectivity index (χ2v) is 4.44. The van der Waals surface area contributed by atoms with E-state index in [4.69, 9.17) is 16.3 Å². The van der Waals surface area contributed by atoms with E-state index in [2.05, 4.69) is 0 Å². The zero-order valence-electron chi connectivity index (χ0n) is 8.53. The summed E-state index contributed by atoms with van der Waals surface area (Å²) in [5.74, 6) is 0.651. The van der Waals surface area contributed by atoms with Gasteiger partial charge in [-0.25, -0.2) is 0 Å². The Balaban J connectivity index is 2.34. The molecular weight excluding hydrogens is 232 g/mol. The number of rotatable bonds is 5. The van der Waals surface area contributed by atoms with Gasteiger partial charge in [0.15, 0.2) is 0 Å². The number of esters is 1. The van der Waals surface area contributed by atoms with Crippen LogP contribution in [0.3, 0.4) is 0 Å². The average Bonchev–Trinajstić information content (AvgIpc) is 2.22. The van der Waals surface area contributed by atoms with E-state index in [1.807, 2.05) is 18.4 Å². The number of carbonyl (C=O) groups excluding carboxylic acids is 1. The smallest absolute Gasteiger partial charge is 0.310 e. The van der Waals surface area contributed by atoms with Gasteiger partial charge in [-0.1, -0.05) is 23.7 Å². The Kier molecular flexibility index (Phi) is 5.58. The van der Waals surface area contributed by atoms with Crippen molar-refractivity contribution in [3.63, 3.8) is 0 Å². The standard InChI is InChI=1S/C11H13ClO2S/c1-15-7-6-14-11(13)8-9-2-4-10(12)5-3-9/h2-5H,6-8H2,1H3. The molecule has 0 unspecified atom stereocenters. The van der Waals surface area contributed by atoms with Gasteiger partial charge < -0.3 is 4.74 Å². The van der Waals surface area contributed by atoms with Crippen molar-refractivity contribution in [2.24, 2.45) is 0 Å². The van der Waals surface area contributed by atoms with Gasteiger partial charge in [0.05, 0.1) is 6.42 Å². The van der Waals surface area contributed by atoms with Gasteiger partial charge in [0.1, 0.15) is 6.61 Å². The van der Waals surface area contributed by atoms with Gasteiger partial charge in [0.25, 0.3) is 0 Å². The number of carbonyl (C=O) groups is 1. The number of thioether (sulfide) groups is 1. The minimum atomic E-state index is -0.189. The molecule has 0 saturated heterocycles. The van der Waals surface area contributed by atoms with E-state index in [0.29, 0.717) is 18.1 Å². The fourth-order valence-corrected chi connectivity index (χ4v) is 1.43. The molecule has 0 fully saturated rings. The zero-order chi connectivity index (χ0) is 11.1. The maximum atomic E-state index is 11.3. The molecule has 0 radical (unpaired) electrons. The summed E-state index contributed by atoms with van der Waals surface area (Å²) < 4.78 is 5.02. The summed E-state index contributed by atoms with van der Waals surface area (Å²) in [6.07, 6.45) is 2.29. The molecule has 0 bridgehead atoms. The summed E-state index contributed by atoms with van der Waals surface area (Å²) in [5, 5.41) is 0.675. The van der Waals surface area contributed by atoms with Crippen LogP contribution in [0.4, 0.5) is 0 Å². The summed E-state index contributed by atoms with van der Waals surface area (Å²) in [5.41, 5.74) is 0.925. The number of hydrogen-bond donors (Lipinski definition) is 0. The van der Waals surface area contributed by atoms with Gasteiger partial charge in [-0.3, -0.25) is 4.79 Å². The van der Waals surface area contributed by atoms with Gasteiger partial charge in [0, 0.05) is 10.8 Å². The van der Waals surface area contributed by atoms with Crippen LogP contribution in [0.15, 0.2) is 24.3 Å². The lowest BCUT2D eigenvalue weighted by atomic mass is 10.2. The first-order chi connectivity index (χ1) is 7.22. The molecule has 0 N–H and O–H groups in total. The van der Waals surface area contributed by atoms with Gasteiger partial charge in [-0.05, 0) is 24.0 Å². The highest BCUT2D eigenvalue weighted by Crippen LogP contribution is 2.10. The maximum Gasteiger partial charge on any atom is 0.310 e. The molecule has 4 heteroatoms. The van der Waals surface area contributed by atoms with Crippen LogP contribution in [-0.2, 0) is 16.0 Å². The van der Waals surface area contributed by atoms with E-state index >= 15 is 0 Å². The van der Waals surface area contributed by atoms with Crippen molar-refractivity contribution in [1.29, 1.82) is 0 Å². The minimum absolute atomic E-state index is 0.189. The summed E-state index contributed by atoms with van der Waals surface area (Å²) in [4.78, 5) is 11.3. The van der Waals surface area contributed by atoms with Crippen molar-refractivity contribution in [3.8, 4) is 0 Å². The lowest BCUT2D eigenvalue weighted by Gasteiger charge is -2.03. The second-order valence-electron chi connectivity index (χ2n) is 3.02. The quantitative estimate of drug-likeness (QED) is 0.589. The highest BCUT2D eigenvalue weighted by Gasteiger charge is 2.03. The molecule has 82 valence electrons. The Morgan fingerprint density at radius 1 is 1.40 bits per heavy atom. The molecule has 0 aromatic heterocycles. The highest BCUT2D eigenvalue weighted by molar-refractivity contribution is 7.98. The largest absolute Gasteiger partial charge is 0.465 e. The lowest BCUT2D eigenvalue weighted by molar-refractivity contribution is -0.142. The molecule has 0 aliphatic heterocycles. The summed E-state index contributed by atoms with van der Waals surface area (Å²) in [7, 11) is 0. The first kappa shape index (κ1) is 12.4. The molecule has 0 atom stereocenters. The molecule has 0 aliphatic carbocycles. The minimum Gasteiger partial charge on any atom is -0.465 e. The average molecular weight is 245 g/mol. The lowest BCUT2D eigenvalue weighted by Crippen LogP contribution is -2.10. The van der Waals surface area contributed by atoms with E-state index in [1.165, 1.54) is 0 Å². The summed E-state index contributed by atoms with van der Waals surface area (Å²) >= 11 is 7.39. The Labute approximate surface area is 99.0 Å². The fourth-order valence-electron chi connectivity index (χ4n) is 1.06. The van der Waals surface area contributed by atoms with Gasteiger partial charge in [-0.15, -0.1) is 0 Å². The maximum absolute atomic E-state index is 11.3. The zero-order valence-corrected chi connectivity index (χ0v) is 10.1. The predicted octanol–water partition coefficient (Wildman–Crippen LogP) is 2.79. The molecule has 1 rings (SSSR count). The van der Waals surface area contributed by atoms with E-state index in [1.54, 1.807) is 23.9 Å². The van der Waals surface area contributed by atoms with E-state index in [-0.39, 0.29) is 5.97 Å². The van der Waals surface area contributed by atoms with Crippen molar-refractivity contribution >= 4 is 29.3 Å². The monoisotopic (exact) mass is 244 g/mol. The van der Waals surface area contributed by atoms with E-state index < -0.39 is 0 Å². The van der Waals surface area contributed by atoms with Crippen LogP contribution in [-0.4, -0.2) is 24.6 Å². The van der Waals surface area contributed by atoms with Crippen LogP contribution in [0.25, 0.3) is 0 Å². The van der Waals surface area contributed by atoms with Crippen LogP contribution < -0.4 is 0 Å². The highest BCUT2D eigenvalue weighted by atomic mass is 35.5. The van der Waals surface area contributed by atoms with Crippen LogP contribution in [0.2, 0.25) is 5.02 Å². The first-order valence-electron chi connectivity index (χ1n) is 4.61. The Hall–Kier alpha value is -0.670. The number of ether oxygens (including phenoxy) is 1. The van der Waals surface area contributed by atoms with Crippen LogP contribution in [0, 0.1) is 0 Å². The molecule has 2 nitrogen and oxygen atoms in total. The normalized spacial score (nSPS) is 10.0. The molecule has 0 heterocycles. The number of halogens is 1. The molecule has 0 spiro atoms. The van der Waals surface area contributed by atoms with Crippen molar-refractivity contribution in [1.82, 2.24) is 0 Å². The fraction of sp³-hybridized carbons (Fsp3) is 0.364. The predicted molar refractivity (Wildman–Crippen MR) is 64.5 cm³/mol. The number of hydrogen-bond acceptors (Lipinski definition) is 3. The van der Waals surface area contributed by atoms with Crippen molar-refractivity contribution in [2.45, 2.75) is 6.42 Å². The topological polar surface area (TPSA) is 26.3 Å². The summed E-state index contributed by atoms with van der Waals surface area (Å²) in [6, 6.07) is 7.20. The first-order valence-corrected chi connectivity index (χ1v) is 6.38. The van der Waals surface area contributed by atoms with Crippen molar-refractivity contribution in [2.75, 3.05) is 18.6 Å². The van der Waals surface area contributed by atoms with E-state index in [9.17, 15) is 4.79 Å². The Bertz CT molecular complexity index is 311. The summed E-state index contributed by atoms with van der Waals surface area (Å²) in [6.45, 7) is 0.480. The van der Waals surface area contributed by atoms with Gasteiger partial charge in [-0.2, -0.15) is 11.8 Å². The number of benzene rings is 1. The molecule has 0 saturated carbocycles.